The molecule has 1 aromatic carbocycles. The number of ether oxygens (including phenoxy) is 1. The first kappa shape index (κ1) is 85.9. The van der Waals surface area contributed by atoms with Gasteiger partial charge in [-0.1, -0.05) is 211 Å². The monoisotopic (exact) mass is 1300 g/mol. The number of pyridine rings is 4. The lowest BCUT2D eigenvalue weighted by Crippen LogP contribution is -2.24. The number of furan rings is 1. The van der Waals surface area contributed by atoms with E-state index < -0.39 is 0 Å². The van der Waals surface area contributed by atoms with Gasteiger partial charge in [0.05, 0.1) is 18.1 Å². The highest BCUT2D eigenvalue weighted by atomic mass is 32.1. The predicted molar refractivity (Wildman–Crippen MR) is 410 cm³/mol. The van der Waals surface area contributed by atoms with Crippen LogP contribution in [-0.4, -0.2) is 42.6 Å². The lowest BCUT2D eigenvalue weighted by molar-refractivity contribution is 0.0290. The van der Waals surface area contributed by atoms with Gasteiger partial charge in [0, 0.05) is 94.9 Å². The largest absolute Gasteiger partial charge is 0.469 e. The number of hydrogen-bond donors (Lipinski definition) is 0. The van der Waals surface area contributed by atoms with Gasteiger partial charge in [-0.25, -0.2) is 0 Å². The molecule has 0 spiro atoms. The summed E-state index contributed by atoms with van der Waals surface area (Å²) in [6, 6.07) is 24.6. The molecule has 0 amide bonds. The molecule has 1 aliphatic heterocycles. The van der Waals surface area contributed by atoms with Crippen molar-refractivity contribution in [3.05, 3.63) is 224 Å². The Morgan fingerprint density at radius 1 is 0.394 bits per heavy atom. The topological polar surface area (TPSA) is 99.7 Å². The Kier molecular flexibility index (Phi) is 34.1. The van der Waals surface area contributed by atoms with Crippen molar-refractivity contribution in [1.29, 1.82) is 0 Å². The summed E-state index contributed by atoms with van der Waals surface area (Å²) in [5.41, 5.74) is 19.5. The second kappa shape index (κ2) is 37.4. The molecule has 0 bridgehead atoms. The van der Waals surface area contributed by atoms with Crippen LogP contribution in [0, 0.1) is 53.9 Å². The van der Waals surface area contributed by atoms with E-state index in [0.717, 1.165) is 29.4 Å². The van der Waals surface area contributed by atoms with Crippen molar-refractivity contribution in [2.75, 3.05) is 6.61 Å². The Hall–Kier alpha value is -6.16. The molecule has 9 rings (SSSR count). The van der Waals surface area contributed by atoms with Crippen molar-refractivity contribution in [2.24, 2.45) is 5.41 Å². The molecule has 1 unspecified atom stereocenters. The smallest absolute Gasteiger partial charge is 0.109 e. The third kappa shape index (κ3) is 32.5. The first-order valence-electron chi connectivity index (χ1n) is 34.0. The zero-order valence-corrected chi connectivity index (χ0v) is 66.7. The summed E-state index contributed by atoms with van der Waals surface area (Å²) in [4.78, 5) is 26.2. The zero-order valence-electron chi connectivity index (χ0n) is 65.9. The molecule has 8 nitrogen and oxygen atoms in total. The van der Waals surface area contributed by atoms with Gasteiger partial charge in [0.25, 0.3) is 0 Å². The average Bonchev–Trinajstić information content (AvgIpc) is 0.819. The van der Waals surface area contributed by atoms with Crippen LogP contribution in [0.4, 0.5) is 0 Å². The highest BCUT2D eigenvalue weighted by Gasteiger charge is 2.28. The normalized spacial score (nSPS) is 13.4. The fraction of sp³-hybridized carbons (Fsp3) is 0.553. The molecule has 8 heterocycles. The summed E-state index contributed by atoms with van der Waals surface area (Å²) in [7, 11) is 0. The SMILES string of the molecule is CC(C)(C)C1CCCO1.CC(C)(C)c1ccccn1.CC(C)(C)c1cccnc1.CC(C)(C)c1ccco1.CC(C)(C)c1cccs1.CC(C)(C)c1ccncc1.CC(C)(C)c1cnccn1.Cc1c(C)c(C)c(C(C)(C)C)c(C)c1C.Cc1cc(C(C)(C)C)cnc1C. The van der Waals surface area contributed by atoms with Crippen molar-refractivity contribution < 1.29 is 9.15 Å². The number of hydrogen-bond acceptors (Lipinski definition) is 9. The zero-order chi connectivity index (χ0) is 72.5. The van der Waals surface area contributed by atoms with Gasteiger partial charge >= 0.3 is 0 Å². The van der Waals surface area contributed by atoms with Gasteiger partial charge in [-0.3, -0.25) is 29.9 Å². The van der Waals surface area contributed by atoms with Gasteiger partial charge < -0.3 is 9.15 Å². The number of aryl methyl sites for hydroxylation is 2. The first-order valence-corrected chi connectivity index (χ1v) is 34.9. The number of aromatic nitrogens is 6. The quantitative estimate of drug-likeness (QED) is 0.148. The third-order valence-corrected chi connectivity index (χ3v) is 17.5. The van der Waals surface area contributed by atoms with Crippen LogP contribution in [-0.2, 0) is 48.1 Å². The highest BCUT2D eigenvalue weighted by molar-refractivity contribution is 7.10. The number of rotatable bonds is 0. The van der Waals surface area contributed by atoms with Gasteiger partial charge in [0.1, 0.15) is 5.76 Å². The van der Waals surface area contributed by atoms with E-state index in [4.69, 9.17) is 9.15 Å². The molecule has 0 radical (unpaired) electrons. The van der Waals surface area contributed by atoms with Crippen LogP contribution in [0.1, 0.15) is 283 Å². The molecule has 1 atom stereocenters. The molecule has 94 heavy (non-hydrogen) atoms. The summed E-state index contributed by atoms with van der Waals surface area (Å²) < 4.78 is 10.7. The van der Waals surface area contributed by atoms with Gasteiger partial charge in [-0.2, -0.15) is 0 Å². The molecule has 0 N–H and O–H groups in total. The lowest BCUT2D eigenvalue weighted by Gasteiger charge is -2.28. The van der Waals surface area contributed by atoms with Gasteiger partial charge in [0.2, 0.25) is 0 Å². The van der Waals surface area contributed by atoms with E-state index in [1.165, 1.54) is 73.4 Å². The van der Waals surface area contributed by atoms with Crippen LogP contribution in [0.15, 0.2) is 145 Å². The fourth-order valence-electron chi connectivity index (χ4n) is 9.50. The van der Waals surface area contributed by atoms with Crippen LogP contribution >= 0.6 is 11.3 Å². The second-order valence-electron chi connectivity index (χ2n) is 34.2. The number of nitrogens with zero attached hydrogens (tertiary/aromatic N) is 6. The van der Waals surface area contributed by atoms with E-state index >= 15 is 0 Å². The molecule has 0 aliphatic carbocycles. The minimum Gasteiger partial charge on any atom is -0.469 e. The Bertz CT molecular complexity index is 3030. The summed E-state index contributed by atoms with van der Waals surface area (Å²) in [6.07, 6.45) is 21.1. The molecule has 1 saturated heterocycles. The molecule has 8 aromatic rings. The van der Waals surface area contributed by atoms with E-state index in [0.29, 0.717) is 16.9 Å². The molecular formula is C85H132N6O2S. The fourth-order valence-corrected chi connectivity index (χ4v) is 10.3. The van der Waals surface area contributed by atoms with Gasteiger partial charge in [0.15, 0.2) is 0 Å². The van der Waals surface area contributed by atoms with Crippen molar-refractivity contribution >= 4 is 11.3 Å². The molecule has 1 fully saturated rings. The van der Waals surface area contributed by atoms with Crippen LogP contribution in [0.2, 0.25) is 0 Å². The van der Waals surface area contributed by atoms with Gasteiger partial charge in [-0.15, -0.1) is 11.3 Å². The van der Waals surface area contributed by atoms with Crippen molar-refractivity contribution in [1.82, 2.24) is 29.9 Å². The maximum Gasteiger partial charge on any atom is 0.109 e. The van der Waals surface area contributed by atoms with E-state index in [-0.39, 0.29) is 37.9 Å². The molecule has 520 valence electrons. The summed E-state index contributed by atoms with van der Waals surface area (Å²) >= 11 is 1.83. The molecular weight excluding hydrogens is 1170 g/mol. The van der Waals surface area contributed by atoms with E-state index in [2.05, 4.69) is 306 Å². The average molecular weight is 1300 g/mol. The van der Waals surface area contributed by atoms with Crippen molar-refractivity contribution in [3.63, 3.8) is 0 Å². The van der Waals surface area contributed by atoms with Crippen LogP contribution < -0.4 is 0 Å². The van der Waals surface area contributed by atoms with Gasteiger partial charge in [-0.05, 0) is 203 Å². The number of benzene rings is 1. The van der Waals surface area contributed by atoms with Crippen LogP contribution in [0.3, 0.4) is 0 Å². The van der Waals surface area contributed by atoms with E-state index in [9.17, 15) is 0 Å². The second-order valence-corrected chi connectivity index (χ2v) is 35.2. The first-order chi connectivity index (χ1) is 42.8. The highest BCUT2D eigenvalue weighted by Crippen LogP contribution is 2.35. The molecule has 1 aliphatic rings. The predicted octanol–water partition coefficient (Wildman–Crippen LogP) is 24.3. The standard InChI is InChI=1S/C15H24.C11H17N.3C9H13N.C8H12N2.C8H16O.C8H12O.C8H12S/c1-9-10(2)12(4)14(15(6,7)8)13(5)11(9)3;1-8-6-10(11(3,4)5)7-12-9(8)2;1-9(2,3)8-4-6-10-7-5-8;1-9(2,3)8-5-4-6-10-7-8;1-9(2,3)8-6-4-5-7-10-8;1-8(2,3)7-6-9-4-5-10-7;3*1-8(2,3)7-5-4-6-9-7/h1-8H3;6-7H,1-5H3;3*4-7H,1-3H3;4-6H,1-3H3;7H,4-6H2,1-3H3;2*4-6H,1-3H3. The molecule has 0 saturated carbocycles. The maximum atomic E-state index is 5.52. The van der Waals surface area contributed by atoms with E-state index in [1.807, 2.05) is 79.6 Å². The summed E-state index contributed by atoms with van der Waals surface area (Å²) in [5.74, 6) is 1.04. The molecule has 9 heteroatoms. The molecule has 7 aromatic heterocycles. The Labute approximate surface area is 580 Å². The lowest BCUT2D eigenvalue weighted by atomic mass is 9.77. The third-order valence-electron chi connectivity index (χ3n) is 16.2. The maximum absolute atomic E-state index is 5.52. The van der Waals surface area contributed by atoms with Crippen LogP contribution in [0.5, 0.6) is 0 Å². The Morgan fingerprint density at radius 2 is 0.926 bits per heavy atom. The number of thiophene rings is 1. The van der Waals surface area contributed by atoms with Crippen molar-refractivity contribution in [2.45, 2.75) is 298 Å². The Morgan fingerprint density at radius 3 is 1.21 bits per heavy atom. The minimum atomic E-state index is 0.119. The van der Waals surface area contributed by atoms with Crippen LogP contribution in [0.25, 0.3) is 0 Å². The summed E-state index contributed by atoms with van der Waals surface area (Å²) in [5, 5.41) is 2.13. The summed E-state index contributed by atoms with van der Waals surface area (Å²) in [6.45, 7) is 75.7. The van der Waals surface area contributed by atoms with Crippen molar-refractivity contribution in [3.8, 4) is 0 Å². The minimum absolute atomic E-state index is 0.119. The Balaban J connectivity index is 0.000000531. The van der Waals surface area contributed by atoms with E-state index in [1.54, 1.807) is 31.1 Å².